The standard InChI is InChI=1S/C14H20N2O4/c1-14(2,13(15)19)9-16-6-7-20-11-5-3-4-10(8-11)12(17)18/h3-5,8,16H,6-7,9H2,1-2H3,(H2,15,19)(H,17,18). The summed E-state index contributed by atoms with van der Waals surface area (Å²) in [4.78, 5) is 21.9. The van der Waals surface area contributed by atoms with Crippen molar-refractivity contribution in [1.82, 2.24) is 5.32 Å². The first-order valence-corrected chi connectivity index (χ1v) is 6.30. The highest BCUT2D eigenvalue weighted by atomic mass is 16.5. The predicted octanol–water partition coefficient (Wildman–Crippen LogP) is 0.865. The fourth-order valence-corrected chi connectivity index (χ4v) is 1.45. The Morgan fingerprint density at radius 3 is 2.70 bits per heavy atom. The van der Waals surface area contributed by atoms with Gasteiger partial charge in [0, 0.05) is 13.1 Å². The number of hydrogen-bond acceptors (Lipinski definition) is 4. The van der Waals surface area contributed by atoms with Gasteiger partial charge in [-0.05, 0) is 32.0 Å². The lowest BCUT2D eigenvalue weighted by molar-refractivity contribution is -0.125. The Labute approximate surface area is 117 Å². The van der Waals surface area contributed by atoms with Crippen molar-refractivity contribution in [2.24, 2.45) is 11.1 Å². The maximum atomic E-state index is 11.1. The Bertz CT molecular complexity index is 486. The van der Waals surface area contributed by atoms with Gasteiger partial charge in [0.25, 0.3) is 0 Å². The Hall–Kier alpha value is -2.08. The summed E-state index contributed by atoms with van der Waals surface area (Å²) in [5.41, 5.74) is 4.83. The minimum atomic E-state index is -0.989. The molecule has 1 aromatic rings. The number of carbonyl (C=O) groups excluding carboxylic acids is 1. The van der Waals surface area contributed by atoms with E-state index in [1.807, 2.05) is 0 Å². The number of hydrogen-bond donors (Lipinski definition) is 3. The summed E-state index contributed by atoms with van der Waals surface area (Å²) in [6.07, 6.45) is 0. The molecule has 1 aromatic carbocycles. The van der Waals surface area contributed by atoms with Crippen molar-refractivity contribution in [3.63, 3.8) is 0 Å². The number of carboxylic acid groups (broad SMARTS) is 1. The van der Waals surface area contributed by atoms with Crippen molar-refractivity contribution >= 4 is 11.9 Å². The minimum Gasteiger partial charge on any atom is -0.492 e. The quantitative estimate of drug-likeness (QED) is 0.613. The van der Waals surface area contributed by atoms with Gasteiger partial charge in [0.1, 0.15) is 12.4 Å². The molecule has 1 rings (SSSR count). The van der Waals surface area contributed by atoms with Crippen LogP contribution in [0.4, 0.5) is 0 Å². The molecule has 0 radical (unpaired) electrons. The molecule has 1 amide bonds. The third-order valence-electron chi connectivity index (χ3n) is 2.86. The van der Waals surface area contributed by atoms with Crippen LogP contribution in [0.15, 0.2) is 24.3 Å². The molecule has 6 heteroatoms. The van der Waals surface area contributed by atoms with Crippen molar-refractivity contribution in [2.75, 3.05) is 19.7 Å². The molecule has 4 N–H and O–H groups in total. The Morgan fingerprint density at radius 2 is 2.10 bits per heavy atom. The number of aromatic carboxylic acids is 1. The minimum absolute atomic E-state index is 0.185. The summed E-state index contributed by atoms with van der Waals surface area (Å²) in [6, 6.07) is 6.29. The molecule has 6 nitrogen and oxygen atoms in total. The van der Waals surface area contributed by atoms with Crippen LogP contribution >= 0.6 is 0 Å². The van der Waals surface area contributed by atoms with Crippen LogP contribution in [0, 0.1) is 5.41 Å². The second-order valence-electron chi connectivity index (χ2n) is 5.11. The second-order valence-corrected chi connectivity index (χ2v) is 5.11. The van der Waals surface area contributed by atoms with E-state index >= 15 is 0 Å². The van der Waals surface area contributed by atoms with Gasteiger partial charge in [-0.15, -0.1) is 0 Å². The Kier molecular flexibility index (Phi) is 5.52. The van der Waals surface area contributed by atoms with Crippen LogP contribution in [-0.4, -0.2) is 36.7 Å². The molecule has 20 heavy (non-hydrogen) atoms. The predicted molar refractivity (Wildman–Crippen MR) is 74.7 cm³/mol. The van der Waals surface area contributed by atoms with E-state index < -0.39 is 11.4 Å². The summed E-state index contributed by atoms with van der Waals surface area (Å²) < 4.78 is 5.43. The topological polar surface area (TPSA) is 102 Å². The van der Waals surface area contributed by atoms with E-state index in [0.29, 0.717) is 25.4 Å². The third kappa shape index (κ3) is 4.89. The number of carboxylic acids is 1. The van der Waals surface area contributed by atoms with Crippen LogP contribution in [0.1, 0.15) is 24.2 Å². The number of carbonyl (C=O) groups is 2. The van der Waals surface area contributed by atoms with Crippen molar-refractivity contribution in [2.45, 2.75) is 13.8 Å². The summed E-state index contributed by atoms with van der Waals surface area (Å²) in [6.45, 7) is 4.89. The Balaban J connectivity index is 2.33. The van der Waals surface area contributed by atoms with E-state index in [4.69, 9.17) is 15.6 Å². The van der Waals surface area contributed by atoms with Crippen LogP contribution in [0.5, 0.6) is 5.75 Å². The molecular formula is C14H20N2O4. The fourth-order valence-electron chi connectivity index (χ4n) is 1.45. The second kappa shape index (κ2) is 6.91. The number of benzene rings is 1. The lowest BCUT2D eigenvalue weighted by atomic mass is 9.93. The number of amides is 1. The van der Waals surface area contributed by atoms with Crippen LogP contribution < -0.4 is 15.8 Å². The maximum Gasteiger partial charge on any atom is 0.335 e. The highest BCUT2D eigenvalue weighted by Gasteiger charge is 2.23. The van der Waals surface area contributed by atoms with E-state index in [1.165, 1.54) is 12.1 Å². The molecule has 0 saturated heterocycles. The molecule has 0 aliphatic heterocycles. The van der Waals surface area contributed by atoms with Crippen molar-refractivity contribution in [3.05, 3.63) is 29.8 Å². The molecule has 0 bridgehead atoms. The summed E-state index contributed by atoms with van der Waals surface area (Å²) in [5.74, 6) is -0.849. The average molecular weight is 280 g/mol. The molecule has 0 unspecified atom stereocenters. The zero-order chi connectivity index (χ0) is 15.2. The SMILES string of the molecule is CC(C)(CNCCOc1cccc(C(=O)O)c1)C(N)=O. The molecule has 110 valence electrons. The Morgan fingerprint density at radius 1 is 1.40 bits per heavy atom. The van der Waals surface area contributed by atoms with Gasteiger partial charge in [-0.1, -0.05) is 6.07 Å². The number of ether oxygens (including phenoxy) is 1. The molecule has 0 heterocycles. The van der Waals surface area contributed by atoms with Crippen molar-refractivity contribution in [3.8, 4) is 5.75 Å². The van der Waals surface area contributed by atoms with Gasteiger partial charge in [0.15, 0.2) is 0 Å². The third-order valence-corrected chi connectivity index (χ3v) is 2.86. The maximum absolute atomic E-state index is 11.1. The summed E-state index contributed by atoms with van der Waals surface area (Å²) in [7, 11) is 0. The first kappa shape index (κ1) is 16.0. The van der Waals surface area contributed by atoms with Crippen LogP contribution in [0.3, 0.4) is 0 Å². The first-order chi connectivity index (χ1) is 9.33. The van der Waals surface area contributed by atoms with E-state index in [1.54, 1.807) is 26.0 Å². The monoisotopic (exact) mass is 280 g/mol. The van der Waals surface area contributed by atoms with Gasteiger partial charge >= 0.3 is 5.97 Å². The van der Waals surface area contributed by atoms with Gasteiger partial charge in [-0.25, -0.2) is 4.79 Å². The molecule has 0 saturated carbocycles. The van der Waals surface area contributed by atoms with Gasteiger partial charge in [0.05, 0.1) is 11.0 Å². The molecule has 0 atom stereocenters. The molecule has 0 spiro atoms. The van der Waals surface area contributed by atoms with Crippen LogP contribution in [0.25, 0.3) is 0 Å². The number of rotatable bonds is 8. The molecular weight excluding hydrogens is 260 g/mol. The van der Waals surface area contributed by atoms with Gasteiger partial charge in [-0.2, -0.15) is 0 Å². The molecule has 0 fully saturated rings. The van der Waals surface area contributed by atoms with Crippen LogP contribution in [0.2, 0.25) is 0 Å². The van der Waals surface area contributed by atoms with Crippen LogP contribution in [-0.2, 0) is 4.79 Å². The largest absolute Gasteiger partial charge is 0.492 e. The smallest absolute Gasteiger partial charge is 0.335 e. The molecule has 0 aliphatic rings. The number of primary amides is 1. The van der Waals surface area contributed by atoms with Crippen molar-refractivity contribution < 1.29 is 19.4 Å². The van der Waals surface area contributed by atoms with Crippen molar-refractivity contribution in [1.29, 1.82) is 0 Å². The van der Waals surface area contributed by atoms with Gasteiger partial charge in [0.2, 0.25) is 5.91 Å². The van der Waals surface area contributed by atoms with E-state index in [0.717, 1.165) is 0 Å². The highest BCUT2D eigenvalue weighted by Crippen LogP contribution is 2.13. The zero-order valence-corrected chi connectivity index (χ0v) is 11.7. The molecule has 0 aromatic heterocycles. The lowest BCUT2D eigenvalue weighted by Gasteiger charge is -2.20. The summed E-state index contributed by atoms with van der Waals surface area (Å²) >= 11 is 0. The lowest BCUT2D eigenvalue weighted by Crippen LogP contribution is -2.41. The number of nitrogens with two attached hydrogens (primary N) is 1. The fraction of sp³-hybridized carbons (Fsp3) is 0.429. The highest BCUT2D eigenvalue weighted by molar-refractivity contribution is 5.88. The zero-order valence-electron chi connectivity index (χ0n) is 11.7. The van der Waals surface area contributed by atoms with E-state index in [9.17, 15) is 9.59 Å². The normalized spacial score (nSPS) is 11.1. The van der Waals surface area contributed by atoms with Gasteiger partial charge < -0.3 is 20.9 Å². The van der Waals surface area contributed by atoms with Gasteiger partial charge in [-0.3, -0.25) is 4.79 Å². The van der Waals surface area contributed by atoms with E-state index in [2.05, 4.69) is 5.32 Å². The average Bonchev–Trinajstić information content (AvgIpc) is 2.38. The molecule has 0 aliphatic carbocycles. The summed E-state index contributed by atoms with van der Waals surface area (Å²) in [5, 5.41) is 11.9. The van der Waals surface area contributed by atoms with E-state index in [-0.39, 0.29) is 11.5 Å². The first-order valence-electron chi connectivity index (χ1n) is 6.30. The number of nitrogens with one attached hydrogen (secondary N) is 1.